The Kier molecular flexibility index (Phi) is 2.79. The van der Waals surface area contributed by atoms with Gasteiger partial charge in [-0.25, -0.2) is 0 Å². The normalized spacial score (nSPS) is 17.6. The summed E-state index contributed by atoms with van der Waals surface area (Å²) in [6.45, 7) is 0. The van der Waals surface area contributed by atoms with Gasteiger partial charge in [0.25, 0.3) is 0 Å². The number of benzene rings is 1. The molecule has 0 atom stereocenters. The van der Waals surface area contributed by atoms with Gasteiger partial charge in [-0.05, 0) is 37.1 Å². The Morgan fingerprint density at radius 3 is 2.23 bits per heavy atom. The van der Waals surface area contributed by atoms with Crippen LogP contribution in [0, 0.1) is 0 Å². The minimum absolute atomic E-state index is 0.544. The molecule has 0 aromatic heterocycles. The molecule has 0 unspecified atom stereocenters. The predicted octanol–water partition coefficient (Wildman–Crippen LogP) is 2.47. The van der Waals surface area contributed by atoms with Gasteiger partial charge in [0, 0.05) is 10.9 Å². The van der Waals surface area contributed by atoms with Crippen molar-refractivity contribution in [3.8, 4) is 5.75 Å². The van der Waals surface area contributed by atoms with Crippen molar-refractivity contribution in [3.63, 3.8) is 0 Å². The van der Waals surface area contributed by atoms with Crippen LogP contribution < -0.4 is 4.74 Å². The summed E-state index contributed by atoms with van der Waals surface area (Å²) in [5, 5.41) is 0. The summed E-state index contributed by atoms with van der Waals surface area (Å²) in [4.78, 5) is 1.51. The van der Waals surface area contributed by atoms with Gasteiger partial charge in [-0.3, -0.25) is 0 Å². The SMILES string of the molecule is COc1ccc([S+]2CCCC2)cc1. The molecule has 2 heteroatoms. The van der Waals surface area contributed by atoms with Crippen molar-refractivity contribution < 1.29 is 4.74 Å². The molecule has 0 bridgehead atoms. The van der Waals surface area contributed by atoms with E-state index in [0.29, 0.717) is 10.9 Å². The van der Waals surface area contributed by atoms with E-state index in [1.165, 1.54) is 29.2 Å². The van der Waals surface area contributed by atoms with Gasteiger partial charge in [-0.1, -0.05) is 0 Å². The number of hydrogen-bond acceptors (Lipinski definition) is 1. The molecule has 1 nitrogen and oxygen atoms in total. The van der Waals surface area contributed by atoms with Crippen molar-refractivity contribution in [2.24, 2.45) is 0 Å². The Morgan fingerprint density at radius 2 is 1.69 bits per heavy atom. The van der Waals surface area contributed by atoms with Crippen LogP contribution in [-0.2, 0) is 10.9 Å². The van der Waals surface area contributed by atoms with E-state index in [0.717, 1.165) is 5.75 Å². The summed E-state index contributed by atoms with van der Waals surface area (Å²) in [7, 11) is 2.26. The quantitative estimate of drug-likeness (QED) is 0.659. The van der Waals surface area contributed by atoms with Crippen LogP contribution in [0.1, 0.15) is 12.8 Å². The Balaban J connectivity index is 2.12. The minimum Gasteiger partial charge on any atom is -0.497 e. The van der Waals surface area contributed by atoms with Crippen molar-refractivity contribution in [2.75, 3.05) is 18.6 Å². The predicted molar refractivity (Wildman–Crippen MR) is 57.6 cm³/mol. The van der Waals surface area contributed by atoms with Crippen LogP contribution in [-0.4, -0.2) is 18.6 Å². The number of hydrogen-bond donors (Lipinski definition) is 0. The molecule has 0 radical (unpaired) electrons. The van der Waals surface area contributed by atoms with Gasteiger partial charge in [-0.15, -0.1) is 0 Å². The highest BCUT2D eigenvalue weighted by molar-refractivity contribution is 7.97. The van der Waals surface area contributed by atoms with Gasteiger partial charge in [0.15, 0.2) is 4.90 Å². The third kappa shape index (κ3) is 1.99. The van der Waals surface area contributed by atoms with Crippen LogP contribution in [0.3, 0.4) is 0 Å². The molecular weight excluding hydrogens is 180 g/mol. The van der Waals surface area contributed by atoms with E-state index in [9.17, 15) is 0 Å². The Morgan fingerprint density at radius 1 is 1.08 bits per heavy atom. The molecule has 0 aliphatic carbocycles. The van der Waals surface area contributed by atoms with E-state index < -0.39 is 0 Å². The number of ether oxygens (including phenoxy) is 1. The Bertz CT molecular complexity index is 262. The first-order valence-corrected chi connectivity index (χ1v) is 6.28. The standard InChI is InChI=1S/C11H15OS/c1-12-10-4-6-11(7-5-10)13-8-2-3-9-13/h4-7H,2-3,8-9H2,1H3/q+1. The van der Waals surface area contributed by atoms with Crippen molar-refractivity contribution in [1.82, 2.24) is 0 Å². The zero-order chi connectivity index (χ0) is 9.10. The van der Waals surface area contributed by atoms with E-state index in [-0.39, 0.29) is 0 Å². The summed E-state index contributed by atoms with van der Waals surface area (Å²) in [6.07, 6.45) is 2.82. The first-order chi connectivity index (χ1) is 6.40. The van der Waals surface area contributed by atoms with E-state index in [2.05, 4.69) is 24.3 Å². The molecule has 0 saturated carbocycles. The zero-order valence-electron chi connectivity index (χ0n) is 7.95. The zero-order valence-corrected chi connectivity index (χ0v) is 8.77. The average Bonchev–Trinajstić information content (AvgIpc) is 2.71. The largest absolute Gasteiger partial charge is 0.497 e. The molecular formula is C11H15OS+. The van der Waals surface area contributed by atoms with Gasteiger partial charge in [-0.2, -0.15) is 0 Å². The molecule has 1 fully saturated rings. The highest BCUT2D eigenvalue weighted by Gasteiger charge is 2.26. The molecule has 1 aromatic rings. The first-order valence-electron chi connectivity index (χ1n) is 4.72. The second kappa shape index (κ2) is 4.05. The van der Waals surface area contributed by atoms with E-state index in [1.807, 2.05) is 0 Å². The van der Waals surface area contributed by atoms with Crippen molar-refractivity contribution in [3.05, 3.63) is 24.3 Å². The van der Waals surface area contributed by atoms with E-state index in [1.54, 1.807) is 7.11 Å². The molecule has 1 aliphatic rings. The molecule has 1 aliphatic heterocycles. The maximum atomic E-state index is 5.13. The lowest BCUT2D eigenvalue weighted by Gasteiger charge is -2.01. The lowest BCUT2D eigenvalue weighted by molar-refractivity contribution is 0.414. The molecule has 70 valence electrons. The first kappa shape index (κ1) is 8.95. The third-order valence-corrected chi connectivity index (χ3v) is 4.93. The van der Waals surface area contributed by atoms with Gasteiger partial charge >= 0.3 is 0 Å². The fourth-order valence-electron chi connectivity index (χ4n) is 1.66. The van der Waals surface area contributed by atoms with Gasteiger partial charge < -0.3 is 4.74 Å². The maximum Gasteiger partial charge on any atom is 0.155 e. The average molecular weight is 195 g/mol. The van der Waals surface area contributed by atoms with E-state index >= 15 is 0 Å². The minimum atomic E-state index is 0.544. The molecule has 2 rings (SSSR count). The summed E-state index contributed by atoms with van der Waals surface area (Å²) in [6, 6.07) is 8.57. The molecule has 1 saturated heterocycles. The fourth-order valence-corrected chi connectivity index (χ4v) is 3.96. The van der Waals surface area contributed by atoms with Crippen LogP contribution in [0.4, 0.5) is 0 Å². The molecule has 0 spiro atoms. The Labute approximate surface area is 82.5 Å². The van der Waals surface area contributed by atoms with Crippen molar-refractivity contribution in [2.45, 2.75) is 17.7 Å². The highest BCUT2D eigenvalue weighted by Crippen LogP contribution is 2.24. The van der Waals surface area contributed by atoms with Crippen molar-refractivity contribution in [1.29, 1.82) is 0 Å². The monoisotopic (exact) mass is 195 g/mol. The van der Waals surface area contributed by atoms with Gasteiger partial charge in [0.1, 0.15) is 17.3 Å². The Hall–Kier alpha value is -0.630. The summed E-state index contributed by atoms with van der Waals surface area (Å²) in [5.74, 6) is 3.75. The maximum absolute atomic E-state index is 5.13. The fraction of sp³-hybridized carbons (Fsp3) is 0.455. The molecule has 0 N–H and O–H groups in total. The highest BCUT2D eigenvalue weighted by atomic mass is 32.2. The van der Waals surface area contributed by atoms with Crippen LogP contribution in [0.15, 0.2) is 29.2 Å². The van der Waals surface area contributed by atoms with Crippen LogP contribution >= 0.6 is 0 Å². The summed E-state index contributed by atoms with van der Waals surface area (Å²) in [5.41, 5.74) is 0. The molecule has 1 aromatic carbocycles. The van der Waals surface area contributed by atoms with Crippen LogP contribution in [0.2, 0.25) is 0 Å². The third-order valence-electron chi connectivity index (χ3n) is 2.42. The summed E-state index contributed by atoms with van der Waals surface area (Å²) >= 11 is 0. The van der Waals surface area contributed by atoms with Gasteiger partial charge in [0.05, 0.1) is 7.11 Å². The second-order valence-corrected chi connectivity index (χ2v) is 5.56. The lowest BCUT2D eigenvalue weighted by Crippen LogP contribution is -2.03. The smallest absolute Gasteiger partial charge is 0.155 e. The van der Waals surface area contributed by atoms with Crippen LogP contribution in [0.5, 0.6) is 5.75 Å². The molecule has 1 heterocycles. The van der Waals surface area contributed by atoms with Crippen LogP contribution in [0.25, 0.3) is 0 Å². The van der Waals surface area contributed by atoms with Crippen molar-refractivity contribution >= 4 is 10.9 Å². The summed E-state index contributed by atoms with van der Waals surface area (Å²) < 4.78 is 5.13. The topological polar surface area (TPSA) is 9.23 Å². The number of methoxy groups -OCH3 is 1. The van der Waals surface area contributed by atoms with E-state index in [4.69, 9.17) is 4.74 Å². The molecule has 0 amide bonds. The van der Waals surface area contributed by atoms with Gasteiger partial charge in [0.2, 0.25) is 0 Å². The number of rotatable bonds is 2. The molecule has 13 heavy (non-hydrogen) atoms. The second-order valence-electron chi connectivity index (χ2n) is 3.28. The lowest BCUT2D eigenvalue weighted by atomic mass is 10.3.